The molecular formula is C17H17ClN4O. The van der Waals surface area contributed by atoms with Gasteiger partial charge >= 0.3 is 0 Å². The maximum absolute atomic E-state index is 6.18. The molecule has 23 heavy (non-hydrogen) atoms. The van der Waals surface area contributed by atoms with E-state index < -0.39 is 0 Å². The lowest BCUT2D eigenvalue weighted by Gasteiger charge is -2.11. The SMILES string of the molecule is COCCNc1nc(N)c2c(-c3cccc(Cl)c3)cccc2n1. The van der Waals surface area contributed by atoms with E-state index in [1.54, 1.807) is 7.11 Å². The lowest BCUT2D eigenvalue weighted by Crippen LogP contribution is -2.11. The highest BCUT2D eigenvalue weighted by Crippen LogP contribution is 2.32. The van der Waals surface area contributed by atoms with Crippen LogP contribution in [0.25, 0.3) is 22.0 Å². The monoisotopic (exact) mass is 328 g/mol. The summed E-state index contributed by atoms with van der Waals surface area (Å²) in [6.45, 7) is 1.19. The van der Waals surface area contributed by atoms with Crippen LogP contribution in [-0.4, -0.2) is 30.2 Å². The molecule has 5 nitrogen and oxygen atoms in total. The molecule has 3 N–H and O–H groups in total. The van der Waals surface area contributed by atoms with E-state index in [4.69, 9.17) is 22.1 Å². The van der Waals surface area contributed by atoms with Crippen molar-refractivity contribution >= 4 is 34.3 Å². The number of nitrogens with zero attached hydrogens (tertiary/aromatic N) is 2. The summed E-state index contributed by atoms with van der Waals surface area (Å²) in [6.07, 6.45) is 0. The molecule has 0 bridgehead atoms. The molecule has 0 atom stereocenters. The van der Waals surface area contributed by atoms with Gasteiger partial charge in [-0.3, -0.25) is 0 Å². The van der Waals surface area contributed by atoms with Crippen molar-refractivity contribution in [1.29, 1.82) is 0 Å². The topological polar surface area (TPSA) is 73.1 Å². The van der Waals surface area contributed by atoms with Crippen LogP contribution in [-0.2, 0) is 4.74 Å². The summed E-state index contributed by atoms with van der Waals surface area (Å²) in [7, 11) is 1.65. The smallest absolute Gasteiger partial charge is 0.225 e. The van der Waals surface area contributed by atoms with Gasteiger partial charge in [-0.2, -0.15) is 4.98 Å². The van der Waals surface area contributed by atoms with Crippen LogP contribution in [0.15, 0.2) is 42.5 Å². The van der Waals surface area contributed by atoms with Crippen molar-refractivity contribution in [2.24, 2.45) is 0 Å². The van der Waals surface area contributed by atoms with Gasteiger partial charge in [0.2, 0.25) is 5.95 Å². The van der Waals surface area contributed by atoms with Gasteiger partial charge in [-0.15, -0.1) is 0 Å². The minimum atomic E-state index is 0.436. The Balaban J connectivity index is 2.07. The Morgan fingerprint density at radius 2 is 2.00 bits per heavy atom. The highest BCUT2D eigenvalue weighted by molar-refractivity contribution is 6.31. The normalized spacial score (nSPS) is 10.9. The van der Waals surface area contributed by atoms with E-state index in [1.807, 2.05) is 42.5 Å². The number of hydrogen-bond acceptors (Lipinski definition) is 5. The molecule has 0 fully saturated rings. The number of hydrogen-bond donors (Lipinski definition) is 2. The van der Waals surface area contributed by atoms with Crippen molar-refractivity contribution < 1.29 is 4.74 Å². The molecule has 1 heterocycles. The number of nitrogens with one attached hydrogen (secondary N) is 1. The summed E-state index contributed by atoms with van der Waals surface area (Å²) < 4.78 is 5.01. The van der Waals surface area contributed by atoms with Gasteiger partial charge in [0.05, 0.1) is 17.5 Å². The van der Waals surface area contributed by atoms with Crippen LogP contribution in [0.4, 0.5) is 11.8 Å². The minimum Gasteiger partial charge on any atom is -0.383 e. The molecule has 2 aromatic carbocycles. The zero-order chi connectivity index (χ0) is 16.2. The first-order valence-electron chi connectivity index (χ1n) is 7.24. The average molecular weight is 329 g/mol. The molecule has 0 saturated heterocycles. The van der Waals surface area contributed by atoms with Crippen molar-refractivity contribution in [2.75, 3.05) is 31.3 Å². The summed E-state index contributed by atoms with van der Waals surface area (Å²) in [5, 5.41) is 4.60. The molecule has 0 saturated carbocycles. The van der Waals surface area contributed by atoms with E-state index in [2.05, 4.69) is 15.3 Å². The largest absolute Gasteiger partial charge is 0.383 e. The maximum atomic E-state index is 6.18. The molecule has 118 valence electrons. The summed E-state index contributed by atoms with van der Waals surface area (Å²) in [6, 6.07) is 13.5. The Kier molecular flexibility index (Phi) is 4.60. The highest BCUT2D eigenvalue weighted by atomic mass is 35.5. The van der Waals surface area contributed by atoms with Crippen LogP contribution in [0, 0.1) is 0 Å². The summed E-state index contributed by atoms with van der Waals surface area (Å²) >= 11 is 6.10. The number of nitrogen functional groups attached to an aromatic ring is 1. The Morgan fingerprint density at radius 1 is 1.17 bits per heavy atom. The summed E-state index contributed by atoms with van der Waals surface area (Å²) in [4.78, 5) is 8.87. The average Bonchev–Trinajstić information content (AvgIpc) is 2.54. The zero-order valence-electron chi connectivity index (χ0n) is 12.7. The second-order valence-corrected chi connectivity index (χ2v) is 5.50. The number of ether oxygens (including phenoxy) is 1. The molecule has 0 aliphatic rings. The van der Waals surface area contributed by atoms with E-state index >= 15 is 0 Å². The number of methoxy groups -OCH3 is 1. The Labute approximate surface area is 139 Å². The van der Waals surface area contributed by atoms with Crippen LogP contribution >= 0.6 is 11.6 Å². The number of anilines is 2. The fourth-order valence-corrected chi connectivity index (χ4v) is 2.64. The van der Waals surface area contributed by atoms with Gasteiger partial charge in [-0.1, -0.05) is 35.9 Å². The molecule has 3 aromatic rings. The van der Waals surface area contributed by atoms with Gasteiger partial charge < -0.3 is 15.8 Å². The quantitative estimate of drug-likeness (QED) is 0.700. The molecule has 0 aliphatic heterocycles. The number of fused-ring (bicyclic) bond motifs is 1. The fourth-order valence-electron chi connectivity index (χ4n) is 2.45. The van der Waals surface area contributed by atoms with Crippen LogP contribution < -0.4 is 11.1 Å². The third-order valence-electron chi connectivity index (χ3n) is 3.48. The second-order valence-electron chi connectivity index (χ2n) is 5.06. The molecule has 3 rings (SSSR count). The van der Waals surface area contributed by atoms with Crippen LogP contribution in [0.5, 0.6) is 0 Å². The third-order valence-corrected chi connectivity index (χ3v) is 3.71. The van der Waals surface area contributed by atoms with Gasteiger partial charge in [-0.25, -0.2) is 4.98 Å². The van der Waals surface area contributed by atoms with Gasteiger partial charge in [0, 0.05) is 18.7 Å². The van der Waals surface area contributed by atoms with Gasteiger partial charge in [0.15, 0.2) is 0 Å². The number of nitrogens with two attached hydrogens (primary N) is 1. The van der Waals surface area contributed by atoms with Crippen molar-refractivity contribution in [2.45, 2.75) is 0 Å². The Morgan fingerprint density at radius 3 is 2.78 bits per heavy atom. The second kappa shape index (κ2) is 6.81. The number of benzene rings is 2. The van der Waals surface area contributed by atoms with Crippen molar-refractivity contribution in [3.63, 3.8) is 0 Å². The molecule has 6 heteroatoms. The first-order chi connectivity index (χ1) is 11.2. The van der Waals surface area contributed by atoms with Crippen LogP contribution in [0.1, 0.15) is 0 Å². The molecule has 0 spiro atoms. The third kappa shape index (κ3) is 3.36. The van der Waals surface area contributed by atoms with Crippen molar-refractivity contribution in [3.05, 3.63) is 47.5 Å². The Hall–Kier alpha value is -2.37. The minimum absolute atomic E-state index is 0.436. The first-order valence-corrected chi connectivity index (χ1v) is 7.62. The number of halogens is 1. The number of aromatic nitrogens is 2. The highest BCUT2D eigenvalue weighted by Gasteiger charge is 2.11. The molecule has 0 amide bonds. The summed E-state index contributed by atoms with van der Waals surface area (Å²) in [5.41, 5.74) is 8.92. The van der Waals surface area contributed by atoms with Crippen LogP contribution in [0.3, 0.4) is 0 Å². The van der Waals surface area contributed by atoms with Gasteiger partial charge in [0.1, 0.15) is 5.82 Å². The standard InChI is InChI=1S/C17H17ClN4O/c1-23-9-8-20-17-21-14-7-3-6-13(15(14)16(19)22-17)11-4-2-5-12(18)10-11/h2-7,10H,8-9H2,1H3,(H3,19,20,21,22). The van der Waals surface area contributed by atoms with E-state index in [-0.39, 0.29) is 0 Å². The number of rotatable bonds is 5. The van der Waals surface area contributed by atoms with E-state index in [0.717, 1.165) is 22.0 Å². The van der Waals surface area contributed by atoms with E-state index in [1.165, 1.54) is 0 Å². The van der Waals surface area contributed by atoms with Gasteiger partial charge in [-0.05, 0) is 29.3 Å². The van der Waals surface area contributed by atoms with Crippen molar-refractivity contribution in [1.82, 2.24) is 9.97 Å². The summed E-state index contributed by atoms with van der Waals surface area (Å²) in [5.74, 6) is 0.931. The molecule has 1 aromatic heterocycles. The molecule has 0 radical (unpaired) electrons. The maximum Gasteiger partial charge on any atom is 0.225 e. The Bertz CT molecular complexity index is 838. The molecular weight excluding hydrogens is 312 g/mol. The van der Waals surface area contributed by atoms with E-state index in [9.17, 15) is 0 Å². The zero-order valence-corrected chi connectivity index (χ0v) is 13.5. The van der Waals surface area contributed by atoms with Gasteiger partial charge in [0.25, 0.3) is 0 Å². The lowest BCUT2D eigenvalue weighted by molar-refractivity contribution is 0.210. The molecule has 0 unspecified atom stereocenters. The van der Waals surface area contributed by atoms with E-state index in [0.29, 0.717) is 29.9 Å². The predicted octanol–water partition coefficient (Wildman–Crippen LogP) is 3.59. The lowest BCUT2D eigenvalue weighted by atomic mass is 10.0. The molecule has 0 aliphatic carbocycles. The fraction of sp³-hybridized carbons (Fsp3) is 0.176. The van der Waals surface area contributed by atoms with Crippen molar-refractivity contribution in [3.8, 4) is 11.1 Å². The van der Waals surface area contributed by atoms with Crippen LogP contribution in [0.2, 0.25) is 5.02 Å². The predicted molar refractivity (Wildman–Crippen MR) is 94.8 cm³/mol. The first kappa shape index (κ1) is 15.5.